The molecular weight excluding hydrogens is 312 g/mol. The normalized spacial score (nSPS) is 13.1. The molecule has 0 radical (unpaired) electrons. The van der Waals surface area contributed by atoms with Crippen molar-refractivity contribution in [1.82, 2.24) is 16.0 Å². The Morgan fingerprint density at radius 3 is 2.14 bits per heavy atom. The van der Waals surface area contributed by atoms with Crippen LogP contribution in [0.3, 0.4) is 0 Å². The zero-order valence-corrected chi connectivity index (χ0v) is 13.4. The summed E-state index contributed by atoms with van der Waals surface area (Å²) >= 11 is 3.97. The average Bonchev–Trinajstić information content (AvgIpc) is 2.46. The molecule has 126 valence electrons. The van der Waals surface area contributed by atoms with Gasteiger partial charge in [0.25, 0.3) is 0 Å². The topological polar surface area (TPSA) is 151 Å². The van der Waals surface area contributed by atoms with Crippen molar-refractivity contribution in [2.24, 2.45) is 11.7 Å². The largest absolute Gasteiger partial charge is 0.480 e. The summed E-state index contributed by atoms with van der Waals surface area (Å²) in [7, 11) is 0. The first-order valence-electron chi connectivity index (χ1n) is 6.63. The number of carbonyl (C=O) groups excluding carboxylic acids is 3. The van der Waals surface area contributed by atoms with Crippen molar-refractivity contribution >= 4 is 36.3 Å². The first kappa shape index (κ1) is 20.2. The minimum atomic E-state index is -1.19. The molecule has 0 heterocycles. The van der Waals surface area contributed by atoms with Gasteiger partial charge in [0.2, 0.25) is 17.7 Å². The van der Waals surface area contributed by atoms with Crippen molar-refractivity contribution in [2.75, 3.05) is 18.8 Å². The zero-order chi connectivity index (χ0) is 17.3. The van der Waals surface area contributed by atoms with E-state index >= 15 is 0 Å². The molecular formula is C12H22N4O5S. The summed E-state index contributed by atoms with van der Waals surface area (Å²) in [5.74, 6) is -3.17. The number of nitrogens with two attached hydrogens (primary N) is 1. The van der Waals surface area contributed by atoms with Gasteiger partial charge in [-0.15, -0.1) is 0 Å². The van der Waals surface area contributed by atoms with Crippen LogP contribution >= 0.6 is 12.6 Å². The molecule has 0 aliphatic carbocycles. The van der Waals surface area contributed by atoms with Gasteiger partial charge >= 0.3 is 5.97 Å². The van der Waals surface area contributed by atoms with E-state index < -0.39 is 42.3 Å². The Morgan fingerprint density at radius 2 is 1.73 bits per heavy atom. The van der Waals surface area contributed by atoms with Crippen LogP contribution in [0.15, 0.2) is 0 Å². The molecule has 0 bridgehead atoms. The molecule has 22 heavy (non-hydrogen) atoms. The number of carboxylic acid groups (broad SMARTS) is 1. The number of hydrogen-bond acceptors (Lipinski definition) is 6. The van der Waals surface area contributed by atoms with Crippen LogP contribution in [0, 0.1) is 5.92 Å². The van der Waals surface area contributed by atoms with Crippen molar-refractivity contribution in [3.63, 3.8) is 0 Å². The lowest BCUT2D eigenvalue weighted by Gasteiger charge is -2.24. The van der Waals surface area contributed by atoms with Crippen LogP contribution in [0.25, 0.3) is 0 Å². The Hall–Kier alpha value is -1.81. The second kappa shape index (κ2) is 10.0. The summed E-state index contributed by atoms with van der Waals surface area (Å²) in [6, 6.07) is -1.86. The molecule has 2 unspecified atom stereocenters. The molecule has 0 aromatic heterocycles. The molecule has 0 aliphatic rings. The molecule has 0 saturated heterocycles. The highest BCUT2D eigenvalue weighted by atomic mass is 32.1. The van der Waals surface area contributed by atoms with Crippen molar-refractivity contribution in [3.05, 3.63) is 0 Å². The maximum absolute atomic E-state index is 12.1. The summed E-state index contributed by atoms with van der Waals surface area (Å²) < 4.78 is 0. The molecule has 0 rings (SSSR count). The number of amides is 3. The lowest BCUT2D eigenvalue weighted by atomic mass is 10.0. The van der Waals surface area contributed by atoms with E-state index in [0.29, 0.717) is 0 Å². The van der Waals surface area contributed by atoms with E-state index in [1.807, 2.05) is 0 Å². The summed E-state index contributed by atoms with van der Waals surface area (Å²) in [4.78, 5) is 45.6. The van der Waals surface area contributed by atoms with Crippen LogP contribution in [-0.2, 0) is 19.2 Å². The molecule has 6 N–H and O–H groups in total. The summed E-state index contributed by atoms with van der Waals surface area (Å²) in [5.41, 5.74) is 5.15. The predicted molar refractivity (Wildman–Crippen MR) is 82.3 cm³/mol. The van der Waals surface area contributed by atoms with E-state index in [9.17, 15) is 19.2 Å². The molecule has 0 saturated carbocycles. The highest BCUT2D eigenvalue weighted by Crippen LogP contribution is 2.03. The number of carboxylic acids is 1. The molecule has 0 spiro atoms. The number of nitrogens with one attached hydrogen (secondary N) is 3. The van der Waals surface area contributed by atoms with E-state index in [4.69, 9.17) is 10.8 Å². The Kier molecular flexibility index (Phi) is 9.18. The quantitative estimate of drug-likeness (QED) is 0.261. The molecule has 0 aliphatic heterocycles. The van der Waals surface area contributed by atoms with Gasteiger partial charge in [0.05, 0.1) is 6.54 Å². The van der Waals surface area contributed by atoms with E-state index in [-0.39, 0.29) is 18.2 Å². The van der Waals surface area contributed by atoms with Gasteiger partial charge in [-0.2, -0.15) is 12.6 Å². The van der Waals surface area contributed by atoms with Gasteiger partial charge in [0.15, 0.2) is 0 Å². The molecule has 3 amide bonds. The molecule has 2 atom stereocenters. The molecule has 0 fully saturated rings. The maximum Gasteiger partial charge on any atom is 0.322 e. The third kappa shape index (κ3) is 7.27. The van der Waals surface area contributed by atoms with Gasteiger partial charge in [0.1, 0.15) is 18.6 Å². The lowest BCUT2D eigenvalue weighted by molar-refractivity contribution is -0.138. The SMILES string of the molecule is CC(C)C(NC(=O)C(CS)NC(=O)CN)C(=O)NCC(=O)O. The minimum Gasteiger partial charge on any atom is -0.480 e. The number of carbonyl (C=O) groups is 4. The van der Waals surface area contributed by atoms with Crippen LogP contribution in [0.4, 0.5) is 0 Å². The third-order valence-electron chi connectivity index (χ3n) is 2.68. The highest BCUT2D eigenvalue weighted by molar-refractivity contribution is 7.80. The van der Waals surface area contributed by atoms with E-state index in [1.165, 1.54) is 0 Å². The molecule has 10 heteroatoms. The average molecular weight is 334 g/mol. The minimum absolute atomic E-state index is 0.0269. The van der Waals surface area contributed by atoms with Gasteiger partial charge < -0.3 is 26.8 Å². The molecule has 0 aromatic carbocycles. The van der Waals surface area contributed by atoms with Crippen molar-refractivity contribution in [1.29, 1.82) is 0 Å². The maximum atomic E-state index is 12.1. The summed E-state index contributed by atoms with van der Waals surface area (Å²) in [5, 5.41) is 15.6. The standard InChI is InChI=1S/C12H22N4O5S/c1-6(2)10(12(21)14-4-9(18)19)16-11(20)7(5-22)15-8(17)3-13/h6-7,10,22H,3-5,13H2,1-2H3,(H,14,21)(H,15,17)(H,16,20)(H,18,19). The second-order valence-electron chi connectivity index (χ2n) is 4.85. The fourth-order valence-corrected chi connectivity index (χ4v) is 1.77. The fraction of sp³-hybridized carbons (Fsp3) is 0.667. The van der Waals surface area contributed by atoms with E-state index in [1.54, 1.807) is 13.8 Å². The van der Waals surface area contributed by atoms with Crippen LogP contribution in [0.5, 0.6) is 0 Å². The van der Waals surface area contributed by atoms with Crippen molar-refractivity contribution in [3.8, 4) is 0 Å². The lowest BCUT2D eigenvalue weighted by Crippen LogP contribution is -2.56. The van der Waals surface area contributed by atoms with E-state index in [0.717, 1.165) is 0 Å². The van der Waals surface area contributed by atoms with Gasteiger partial charge in [0, 0.05) is 5.75 Å². The summed E-state index contributed by atoms with van der Waals surface area (Å²) in [6.45, 7) is 2.57. The van der Waals surface area contributed by atoms with Crippen molar-refractivity contribution < 1.29 is 24.3 Å². The van der Waals surface area contributed by atoms with Gasteiger partial charge in [-0.05, 0) is 5.92 Å². The Morgan fingerprint density at radius 1 is 1.14 bits per heavy atom. The van der Waals surface area contributed by atoms with Crippen LogP contribution in [-0.4, -0.2) is 59.7 Å². The third-order valence-corrected chi connectivity index (χ3v) is 3.05. The Labute approximate surface area is 133 Å². The predicted octanol–water partition coefficient (Wildman–Crippen LogP) is -2.30. The molecule has 9 nitrogen and oxygen atoms in total. The van der Waals surface area contributed by atoms with Crippen LogP contribution < -0.4 is 21.7 Å². The van der Waals surface area contributed by atoms with Crippen molar-refractivity contribution in [2.45, 2.75) is 25.9 Å². The van der Waals surface area contributed by atoms with E-state index in [2.05, 4.69) is 28.6 Å². The van der Waals surface area contributed by atoms with Crippen LogP contribution in [0.2, 0.25) is 0 Å². The smallest absolute Gasteiger partial charge is 0.322 e. The first-order valence-corrected chi connectivity index (χ1v) is 7.26. The number of aliphatic carboxylic acids is 1. The monoisotopic (exact) mass is 334 g/mol. The molecule has 0 aromatic rings. The number of thiol groups is 1. The Balaban J connectivity index is 4.78. The number of hydrogen-bond donors (Lipinski definition) is 6. The highest BCUT2D eigenvalue weighted by Gasteiger charge is 2.28. The second-order valence-corrected chi connectivity index (χ2v) is 5.21. The van der Waals surface area contributed by atoms with Crippen LogP contribution in [0.1, 0.15) is 13.8 Å². The number of rotatable bonds is 9. The fourth-order valence-electron chi connectivity index (χ4n) is 1.51. The Bertz CT molecular complexity index is 430. The van der Waals surface area contributed by atoms with Gasteiger partial charge in [-0.1, -0.05) is 13.8 Å². The zero-order valence-electron chi connectivity index (χ0n) is 12.5. The van der Waals surface area contributed by atoms with Gasteiger partial charge in [-0.25, -0.2) is 0 Å². The van der Waals surface area contributed by atoms with Gasteiger partial charge in [-0.3, -0.25) is 19.2 Å². The summed E-state index contributed by atoms with van der Waals surface area (Å²) in [6.07, 6.45) is 0. The first-order chi connectivity index (χ1) is 10.2.